The summed E-state index contributed by atoms with van der Waals surface area (Å²) in [7, 11) is 1.40. The number of carbonyl (C=O) groups excluding carboxylic acids is 1. The summed E-state index contributed by atoms with van der Waals surface area (Å²) < 4.78 is 34.4. The summed E-state index contributed by atoms with van der Waals surface area (Å²) in [4.78, 5) is 12.8. The molecule has 0 unspecified atom stereocenters. The molecule has 0 radical (unpaired) electrons. The zero-order valence-corrected chi connectivity index (χ0v) is 13.7. The average Bonchev–Trinajstić information content (AvgIpc) is 2.90. The van der Waals surface area contributed by atoms with E-state index in [0.29, 0.717) is 5.75 Å². The molecule has 1 N–H and O–H groups in total. The van der Waals surface area contributed by atoms with Crippen LogP contribution in [0.2, 0.25) is 0 Å². The molecule has 2 heterocycles. The standard InChI is InChI=1S/C15H13F2NO3S2/c1-20-11-6-8(2-3-10(11)21-15(16)17)13-14-9(4-5-22-14)18-12(19)7-23-13/h2-6,13,15H,7H2,1H3,(H,18,19)/t13-/m0/s1. The number of halogens is 2. The minimum atomic E-state index is -2.91. The second-order valence-electron chi connectivity index (χ2n) is 4.73. The number of benzene rings is 1. The summed E-state index contributed by atoms with van der Waals surface area (Å²) >= 11 is 3.03. The molecule has 1 aromatic heterocycles. The first-order valence-electron chi connectivity index (χ1n) is 6.70. The topological polar surface area (TPSA) is 47.6 Å². The highest BCUT2D eigenvalue weighted by molar-refractivity contribution is 8.00. The maximum absolute atomic E-state index is 12.4. The van der Waals surface area contributed by atoms with Gasteiger partial charge in [-0.1, -0.05) is 6.07 Å². The lowest BCUT2D eigenvalue weighted by Crippen LogP contribution is -2.11. The van der Waals surface area contributed by atoms with Crippen LogP contribution in [0.15, 0.2) is 29.6 Å². The van der Waals surface area contributed by atoms with Crippen molar-refractivity contribution in [2.45, 2.75) is 11.9 Å². The van der Waals surface area contributed by atoms with Gasteiger partial charge in [-0.05, 0) is 29.1 Å². The van der Waals surface area contributed by atoms with Gasteiger partial charge in [-0.15, -0.1) is 23.1 Å². The van der Waals surface area contributed by atoms with E-state index in [1.807, 2.05) is 11.4 Å². The minimum absolute atomic E-state index is 0.00882. The molecule has 122 valence electrons. The molecule has 1 amide bonds. The number of nitrogens with one attached hydrogen (secondary N) is 1. The molecular weight excluding hydrogens is 344 g/mol. The number of methoxy groups -OCH3 is 1. The molecule has 3 rings (SSSR count). The Morgan fingerprint density at radius 1 is 1.30 bits per heavy atom. The number of thioether (sulfide) groups is 1. The van der Waals surface area contributed by atoms with E-state index < -0.39 is 6.61 Å². The smallest absolute Gasteiger partial charge is 0.387 e. The second-order valence-corrected chi connectivity index (χ2v) is 6.77. The van der Waals surface area contributed by atoms with Crippen molar-refractivity contribution >= 4 is 34.7 Å². The zero-order chi connectivity index (χ0) is 16.4. The third-order valence-electron chi connectivity index (χ3n) is 3.29. The Kier molecular flexibility index (Phi) is 4.72. The summed E-state index contributed by atoms with van der Waals surface area (Å²) in [5, 5.41) is 4.70. The Hall–Kier alpha value is -1.80. The van der Waals surface area contributed by atoms with Crippen molar-refractivity contribution < 1.29 is 23.0 Å². The van der Waals surface area contributed by atoms with Gasteiger partial charge >= 0.3 is 6.61 Å². The molecule has 0 spiro atoms. The van der Waals surface area contributed by atoms with Gasteiger partial charge in [-0.3, -0.25) is 4.79 Å². The van der Waals surface area contributed by atoms with E-state index in [-0.39, 0.29) is 22.7 Å². The fraction of sp³-hybridized carbons (Fsp3) is 0.267. The molecule has 0 fully saturated rings. The highest BCUT2D eigenvalue weighted by Gasteiger charge is 2.26. The van der Waals surface area contributed by atoms with Crippen molar-refractivity contribution in [1.29, 1.82) is 0 Å². The Balaban J connectivity index is 1.97. The van der Waals surface area contributed by atoms with Gasteiger partial charge in [0.2, 0.25) is 5.91 Å². The van der Waals surface area contributed by atoms with Gasteiger partial charge in [-0.2, -0.15) is 8.78 Å². The van der Waals surface area contributed by atoms with E-state index in [1.54, 1.807) is 23.5 Å². The van der Waals surface area contributed by atoms with Crippen molar-refractivity contribution in [3.05, 3.63) is 40.1 Å². The van der Waals surface area contributed by atoms with Crippen molar-refractivity contribution in [3.63, 3.8) is 0 Å². The van der Waals surface area contributed by atoms with Gasteiger partial charge in [0.25, 0.3) is 0 Å². The molecule has 0 saturated carbocycles. The highest BCUT2D eigenvalue weighted by atomic mass is 32.2. The molecule has 0 aliphatic carbocycles. The van der Waals surface area contributed by atoms with E-state index in [1.165, 1.54) is 24.9 Å². The van der Waals surface area contributed by atoms with Gasteiger partial charge in [-0.25, -0.2) is 0 Å². The third-order valence-corrected chi connectivity index (χ3v) is 5.70. The number of amides is 1. The Morgan fingerprint density at radius 2 is 2.13 bits per heavy atom. The normalized spacial score (nSPS) is 17.4. The molecule has 2 aromatic rings. The second kappa shape index (κ2) is 6.76. The van der Waals surface area contributed by atoms with Crippen molar-refractivity contribution in [2.24, 2.45) is 0 Å². The van der Waals surface area contributed by atoms with Crippen molar-refractivity contribution in [3.8, 4) is 11.5 Å². The number of carbonyl (C=O) groups is 1. The molecule has 1 atom stereocenters. The molecule has 23 heavy (non-hydrogen) atoms. The molecule has 4 nitrogen and oxygen atoms in total. The quantitative estimate of drug-likeness (QED) is 0.894. The van der Waals surface area contributed by atoms with E-state index in [9.17, 15) is 13.6 Å². The Bertz CT molecular complexity index is 720. The van der Waals surface area contributed by atoms with Crippen LogP contribution in [0.25, 0.3) is 0 Å². The number of ether oxygens (including phenoxy) is 2. The van der Waals surface area contributed by atoms with Crippen LogP contribution in [-0.2, 0) is 4.79 Å². The number of thiophene rings is 1. The van der Waals surface area contributed by atoms with Gasteiger partial charge in [0.1, 0.15) is 0 Å². The number of rotatable bonds is 4. The molecular formula is C15H13F2NO3S2. The zero-order valence-electron chi connectivity index (χ0n) is 12.0. The van der Waals surface area contributed by atoms with Crippen LogP contribution >= 0.6 is 23.1 Å². The lowest BCUT2D eigenvalue weighted by Gasteiger charge is -2.17. The highest BCUT2D eigenvalue weighted by Crippen LogP contribution is 2.46. The summed E-state index contributed by atoms with van der Waals surface area (Å²) in [6, 6.07) is 6.72. The number of hydrogen-bond donors (Lipinski definition) is 1. The van der Waals surface area contributed by atoms with Gasteiger partial charge in [0, 0.05) is 4.88 Å². The maximum atomic E-state index is 12.4. The van der Waals surface area contributed by atoms with Gasteiger partial charge in [0.15, 0.2) is 11.5 Å². The average molecular weight is 357 g/mol. The first kappa shape index (κ1) is 16.1. The Morgan fingerprint density at radius 3 is 2.87 bits per heavy atom. The number of fused-ring (bicyclic) bond motifs is 1. The predicted octanol–water partition coefficient (Wildman–Crippen LogP) is 4.13. The molecule has 1 aliphatic heterocycles. The largest absolute Gasteiger partial charge is 0.493 e. The van der Waals surface area contributed by atoms with Crippen LogP contribution in [0.3, 0.4) is 0 Å². The monoisotopic (exact) mass is 357 g/mol. The van der Waals surface area contributed by atoms with Crippen LogP contribution < -0.4 is 14.8 Å². The first-order chi connectivity index (χ1) is 11.1. The molecule has 1 aliphatic rings. The van der Waals surface area contributed by atoms with Crippen LogP contribution in [0.1, 0.15) is 15.7 Å². The maximum Gasteiger partial charge on any atom is 0.387 e. The van der Waals surface area contributed by atoms with E-state index in [0.717, 1.165) is 16.1 Å². The Labute approximate surface area is 139 Å². The van der Waals surface area contributed by atoms with E-state index in [4.69, 9.17) is 4.74 Å². The lowest BCUT2D eigenvalue weighted by molar-refractivity contribution is -0.113. The predicted molar refractivity (Wildman–Crippen MR) is 86.9 cm³/mol. The fourth-order valence-corrected chi connectivity index (χ4v) is 4.57. The fourth-order valence-electron chi connectivity index (χ4n) is 2.34. The molecule has 8 heteroatoms. The van der Waals surface area contributed by atoms with Crippen molar-refractivity contribution in [2.75, 3.05) is 18.2 Å². The van der Waals surface area contributed by atoms with Crippen LogP contribution in [-0.4, -0.2) is 25.4 Å². The lowest BCUT2D eigenvalue weighted by atomic mass is 10.1. The van der Waals surface area contributed by atoms with Crippen molar-refractivity contribution in [1.82, 2.24) is 0 Å². The summed E-state index contributed by atoms with van der Waals surface area (Å²) in [6.45, 7) is -2.91. The third kappa shape index (κ3) is 3.42. The summed E-state index contributed by atoms with van der Waals surface area (Å²) in [5.74, 6) is 0.501. The molecule has 0 saturated heterocycles. The van der Waals surface area contributed by atoms with Crippen LogP contribution in [0.4, 0.5) is 14.5 Å². The SMILES string of the molecule is COc1cc([C@@H]2SCC(=O)Nc3ccsc32)ccc1OC(F)F. The number of hydrogen-bond acceptors (Lipinski definition) is 5. The first-order valence-corrected chi connectivity index (χ1v) is 8.63. The number of alkyl halides is 2. The minimum Gasteiger partial charge on any atom is -0.493 e. The van der Waals surface area contributed by atoms with Gasteiger partial charge < -0.3 is 14.8 Å². The van der Waals surface area contributed by atoms with Crippen LogP contribution in [0.5, 0.6) is 11.5 Å². The summed E-state index contributed by atoms with van der Waals surface area (Å²) in [6.07, 6.45) is 0. The van der Waals surface area contributed by atoms with Crippen LogP contribution in [0, 0.1) is 0 Å². The molecule has 0 bridgehead atoms. The van der Waals surface area contributed by atoms with Gasteiger partial charge in [0.05, 0.1) is 23.8 Å². The van der Waals surface area contributed by atoms with E-state index in [2.05, 4.69) is 10.1 Å². The molecule has 1 aromatic carbocycles. The summed E-state index contributed by atoms with van der Waals surface area (Å²) in [5.41, 5.74) is 1.66. The number of anilines is 1. The van der Waals surface area contributed by atoms with E-state index >= 15 is 0 Å².